The minimum Gasteiger partial charge on any atom is -0.445 e. The molecule has 126 valence electrons. The van der Waals surface area contributed by atoms with Crippen LogP contribution in [-0.4, -0.2) is 22.5 Å². The molecule has 0 fully saturated rings. The van der Waals surface area contributed by atoms with E-state index in [1.807, 2.05) is 12.1 Å². The first-order valence-corrected chi connectivity index (χ1v) is 8.45. The number of thiazole rings is 1. The molecule has 1 unspecified atom stereocenters. The molecule has 1 aromatic heterocycles. The third-order valence-corrected chi connectivity index (χ3v) is 5.07. The average Bonchev–Trinajstić information content (AvgIpc) is 2.96. The second kappa shape index (κ2) is 5.63. The fourth-order valence-corrected chi connectivity index (χ4v) is 3.73. The van der Waals surface area contributed by atoms with E-state index in [-0.39, 0.29) is 12.2 Å². The van der Waals surface area contributed by atoms with Gasteiger partial charge in [0.15, 0.2) is 10.7 Å². The number of rotatable bonds is 2. The van der Waals surface area contributed by atoms with Crippen molar-refractivity contribution in [3.05, 3.63) is 59.4 Å². The van der Waals surface area contributed by atoms with Gasteiger partial charge >= 0.3 is 5.97 Å². The summed E-state index contributed by atoms with van der Waals surface area (Å²) < 4.78 is 19.3. The Balaban J connectivity index is 1.60. The molecule has 1 atom stereocenters. The van der Waals surface area contributed by atoms with Gasteiger partial charge in [-0.3, -0.25) is 10.1 Å². The van der Waals surface area contributed by atoms with E-state index in [4.69, 9.17) is 4.74 Å². The van der Waals surface area contributed by atoms with Gasteiger partial charge in [0.05, 0.1) is 15.8 Å². The van der Waals surface area contributed by atoms with Crippen LogP contribution in [0.1, 0.15) is 22.8 Å². The number of esters is 1. The highest BCUT2D eigenvalue weighted by molar-refractivity contribution is 7.22. The van der Waals surface area contributed by atoms with Gasteiger partial charge in [0.25, 0.3) is 5.91 Å². The van der Waals surface area contributed by atoms with Gasteiger partial charge in [0.1, 0.15) is 5.82 Å². The predicted molar refractivity (Wildman–Crippen MR) is 92.2 cm³/mol. The van der Waals surface area contributed by atoms with E-state index in [0.29, 0.717) is 20.9 Å². The van der Waals surface area contributed by atoms with E-state index >= 15 is 0 Å². The summed E-state index contributed by atoms with van der Waals surface area (Å²) in [6.07, 6.45) is 0.278. The van der Waals surface area contributed by atoms with Crippen LogP contribution in [-0.2, 0) is 16.0 Å². The zero-order valence-electron chi connectivity index (χ0n) is 13.2. The summed E-state index contributed by atoms with van der Waals surface area (Å²) in [5, 5.41) is 3.02. The maximum atomic E-state index is 13.3. The van der Waals surface area contributed by atoms with E-state index < -0.39 is 17.5 Å². The highest BCUT2D eigenvalue weighted by Crippen LogP contribution is 2.31. The van der Waals surface area contributed by atoms with Gasteiger partial charge in [-0.2, -0.15) is 0 Å². The lowest BCUT2D eigenvalue weighted by atomic mass is 9.89. The minimum atomic E-state index is -1.32. The number of carbonyl (C=O) groups is 2. The molecule has 7 heteroatoms. The molecule has 1 N–H and O–H groups in total. The molecule has 4 rings (SSSR count). The number of amides is 1. The molecule has 1 aliphatic rings. The van der Waals surface area contributed by atoms with Crippen LogP contribution in [0.4, 0.5) is 9.52 Å². The summed E-state index contributed by atoms with van der Waals surface area (Å²) in [5.41, 5.74) is 0.512. The first-order valence-electron chi connectivity index (χ1n) is 7.63. The number of hydrogen-bond acceptors (Lipinski definition) is 5. The smallest absolute Gasteiger partial charge is 0.339 e. The van der Waals surface area contributed by atoms with E-state index in [1.54, 1.807) is 25.1 Å². The fourth-order valence-electron chi connectivity index (χ4n) is 2.84. The van der Waals surface area contributed by atoms with Crippen molar-refractivity contribution in [2.75, 3.05) is 5.32 Å². The predicted octanol–water partition coefficient (Wildman–Crippen LogP) is 3.55. The maximum absolute atomic E-state index is 13.3. The number of aromatic nitrogens is 1. The molecule has 5 nitrogen and oxygen atoms in total. The lowest BCUT2D eigenvalue weighted by molar-refractivity contribution is -0.134. The highest BCUT2D eigenvalue weighted by Gasteiger charge is 2.42. The summed E-state index contributed by atoms with van der Waals surface area (Å²) in [5.74, 6) is -1.35. The van der Waals surface area contributed by atoms with Gasteiger partial charge in [-0.25, -0.2) is 14.2 Å². The second-order valence-electron chi connectivity index (χ2n) is 6.04. The van der Waals surface area contributed by atoms with Gasteiger partial charge in [0, 0.05) is 6.42 Å². The van der Waals surface area contributed by atoms with Crippen LogP contribution in [0.3, 0.4) is 0 Å². The molecule has 0 saturated carbocycles. The Morgan fingerprint density at radius 1 is 1.32 bits per heavy atom. The summed E-state index contributed by atoms with van der Waals surface area (Å²) in [6.45, 7) is 1.57. The number of nitrogens with zero attached hydrogens (tertiary/aromatic N) is 1. The maximum Gasteiger partial charge on any atom is 0.339 e. The number of benzene rings is 2. The molecule has 0 radical (unpaired) electrons. The van der Waals surface area contributed by atoms with Gasteiger partial charge < -0.3 is 4.74 Å². The molecule has 2 heterocycles. The minimum absolute atomic E-state index is 0.278. The number of ether oxygens (including phenoxy) is 1. The van der Waals surface area contributed by atoms with Crippen molar-refractivity contribution < 1.29 is 18.7 Å². The molecule has 25 heavy (non-hydrogen) atoms. The second-order valence-corrected chi connectivity index (χ2v) is 7.07. The van der Waals surface area contributed by atoms with Gasteiger partial charge in [-0.1, -0.05) is 29.5 Å². The van der Waals surface area contributed by atoms with Crippen molar-refractivity contribution in [3.63, 3.8) is 0 Å². The van der Waals surface area contributed by atoms with E-state index in [0.717, 1.165) is 5.56 Å². The lowest BCUT2D eigenvalue weighted by Crippen LogP contribution is -2.48. The lowest BCUT2D eigenvalue weighted by Gasteiger charge is -2.32. The van der Waals surface area contributed by atoms with Crippen molar-refractivity contribution >= 4 is 38.6 Å². The Kier molecular flexibility index (Phi) is 3.54. The van der Waals surface area contributed by atoms with Gasteiger partial charge in [-0.15, -0.1) is 0 Å². The molecule has 0 bridgehead atoms. The number of carbonyl (C=O) groups excluding carboxylic acids is 2. The van der Waals surface area contributed by atoms with Crippen molar-refractivity contribution in [1.29, 1.82) is 0 Å². The molecular formula is C18H13FN2O3S. The summed E-state index contributed by atoms with van der Waals surface area (Å²) >= 11 is 1.17. The van der Waals surface area contributed by atoms with E-state index in [9.17, 15) is 14.0 Å². The summed E-state index contributed by atoms with van der Waals surface area (Å²) in [6, 6.07) is 11.3. The van der Waals surface area contributed by atoms with Crippen molar-refractivity contribution in [2.24, 2.45) is 0 Å². The SMILES string of the molecule is CC1(C(=O)Nc2nc3ccc(F)cc3s2)Cc2ccccc2C(=O)O1. The van der Waals surface area contributed by atoms with Gasteiger partial charge in [0.2, 0.25) is 0 Å². The quantitative estimate of drug-likeness (QED) is 0.713. The zero-order valence-corrected chi connectivity index (χ0v) is 14.0. The van der Waals surface area contributed by atoms with E-state index in [1.165, 1.54) is 23.5 Å². The zero-order chi connectivity index (χ0) is 17.6. The normalized spacial score (nSPS) is 19.4. The van der Waals surface area contributed by atoms with Crippen LogP contribution in [0.15, 0.2) is 42.5 Å². The third-order valence-electron chi connectivity index (χ3n) is 4.13. The molecule has 0 spiro atoms. The Hall–Kier alpha value is -2.80. The Morgan fingerprint density at radius 2 is 2.12 bits per heavy atom. The Bertz CT molecular complexity index is 1020. The van der Waals surface area contributed by atoms with Crippen molar-refractivity contribution in [1.82, 2.24) is 4.98 Å². The monoisotopic (exact) mass is 356 g/mol. The topological polar surface area (TPSA) is 68.3 Å². The number of hydrogen-bond donors (Lipinski definition) is 1. The fraction of sp³-hybridized carbons (Fsp3) is 0.167. The molecule has 1 aliphatic heterocycles. The number of fused-ring (bicyclic) bond motifs is 2. The standard InChI is InChI=1S/C18H13FN2O3S/c1-18(9-10-4-2-3-5-12(10)15(22)24-18)16(23)21-17-20-13-7-6-11(19)8-14(13)25-17/h2-8H,9H2,1H3,(H,20,21,23). The molecule has 1 amide bonds. The highest BCUT2D eigenvalue weighted by atomic mass is 32.1. The molecule has 0 saturated heterocycles. The van der Waals surface area contributed by atoms with Crippen LogP contribution in [0.25, 0.3) is 10.2 Å². The number of halogens is 1. The molecule has 2 aromatic carbocycles. The van der Waals surface area contributed by atoms with Crippen molar-refractivity contribution in [3.8, 4) is 0 Å². The van der Waals surface area contributed by atoms with Crippen LogP contribution in [0, 0.1) is 5.82 Å². The van der Waals surface area contributed by atoms with Crippen LogP contribution >= 0.6 is 11.3 Å². The van der Waals surface area contributed by atoms with E-state index in [2.05, 4.69) is 10.3 Å². The number of cyclic esters (lactones) is 1. The first-order chi connectivity index (χ1) is 11.9. The Morgan fingerprint density at radius 3 is 2.96 bits per heavy atom. The van der Waals surface area contributed by atoms with Gasteiger partial charge in [-0.05, 0) is 36.8 Å². The summed E-state index contributed by atoms with van der Waals surface area (Å²) in [7, 11) is 0. The summed E-state index contributed by atoms with van der Waals surface area (Å²) in [4.78, 5) is 29.1. The number of nitrogens with one attached hydrogen (secondary N) is 1. The van der Waals surface area contributed by atoms with Crippen LogP contribution in [0.2, 0.25) is 0 Å². The molecule has 3 aromatic rings. The Labute approximate surface area is 146 Å². The third kappa shape index (κ3) is 2.76. The largest absolute Gasteiger partial charge is 0.445 e. The van der Waals surface area contributed by atoms with Crippen LogP contribution < -0.4 is 5.32 Å². The molecular weight excluding hydrogens is 343 g/mol. The number of anilines is 1. The van der Waals surface area contributed by atoms with Crippen molar-refractivity contribution in [2.45, 2.75) is 18.9 Å². The average molecular weight is 356 g/mol. The van der Waals surface area contributed by atoms with Crippen LogP contribution in [0.5, 0.6) is 0 Å². The molecule has 0 aliphatic carbocycles. The first kappa shape index (κ1) is 15.7.